The molecular formula is C39H41ClN2O11. The van der Waals surface area contributed by atoms with Crippen molar-refractivity contribution in [2.24, 2.45) is 5.92 Å². The first-order valence-electron chi connectivity index (χ1n) is 16.8. The number of allylic oxidation sites excluding steroid dienone is 1. The van der Waals surface area contributed by atoms with Crippen LogP contribution in [0, 0.1) is 5.92 Å². The number of fused-ring (bicyclic) bond motifs is 2. The number of methoxy groups -OCH3 is 6. The Hall–Kier alpha value is -5.56. The molecule has 1 unspecified atom stereocenters. The van der Waals surface area contributed by atoms with Crippen LogP contribution in [0.25, 0.3) is 10.9 Å². The summed E-state index contributed by atoms with van der Waals surface area (Å²) in [5, 5.41) is 16.2. The molecule has 280 valence electrons. The molecule has 53 heavy (non-hydrogen) atoms. The molecular weight excluding hydrogens is 708 g/mol. The van der Waals surface area contributed by atoms with Gasteiger partial charge in [-0.15, -0.1) is 0 Å². The zero-order valence-corrected chi connectivity index (χ0v) is 31.2. The number of aromatic nitrogens is 1. The maximum Gasteiger partial charge on any atom is 0.231 e. The molecule has 3 N–H and O–H groups in total. The molecule has 0 saturated heterocycles. The highest BCUT2D eigenvalue weighted by Crippen LogP contribution is 2.56. The Morgan fingerprint density at radius 3 is 2.26 bits per heavy atom. The topological polar surface area (TPSA) is 164 Å². The summed E-state index contributed by atoms with van der Waals surface area (Å²) in [7, 11) is 8.72. The number of aliphatic hydroxyl groups excluding tert-OH is 1. The van der Waals surface area contributed by atoms with Gasteiger partial charge < -0.3 is 48.6 Å². The standard InChI is InChI=1S/C39H41ClN2O11/c1-19-12-26(43)32(37(45)39(19)38(46)33-27(48-3)17-28(49-4)34(40)36(33)53-39)24(21-13-29(50-5)35(52-7)30(14-21)51-6)16-31(44)41-11-10-20-18-42-25-9-8-22(47-2)15-23(20)25/h8-9,13-15,17-19,24,42,45H,10-12,16H2,1-7H3,(H,41,44)/t19-,24?,39+/m1/s1. The number of halogens is 1. The number of carbonyl (C=O) groups excluding carboxylic acids is 3. The number of ketones is 2. The van der Waals surface area contributed by atoms with Gasteiger partial charge in [-0.2, -0.15) is 0 Å². The number of aromatic amines is 1. The first-order chi connectivity index (χ1) is 25.5. The zero-order chi connectivity index (χ0) is 38.2. The Morgan fingerprint density at radius 2 is 1.64 bits per heavy atom. The lowest BCUT2D eigenvalue weighted by Crippen LogP contribution is -2.53. The van der Waals surface area contributed by atoms with E-state index in [2.05, 4.69) is 10.3 Å². The molecule has 1 aromatic heterocycles. The SMILES string of the molecule is COc1ccc2[nH]cc(CCNC(=O)CC(C3=C(O)[C@@]4(Oc5c(Cl)c(OC)cc(OC)c5C4=O)[C@H](C)CC3=O)c3cc(OC)c(OC)c(OC)c3)c2c1. The molecule has 0 saturated carbocycles. The van der Waals surface area contributed by atoms with Crippen LogP contribution < -0.4 is 38.5 Å². The number of Topliss-reactive ketones (excluding diaryl/α,β-unsaturated/α-hetero) is 2. The molecule has 1 aliphatic carbocycles. The summed E-state index contributed by atoms with van der Waals surface area (Å²) in [5.74, 6) is -2.30. The summed E-state index contributed by atoms with van der Waals surface area (Å²) in [6.07, 6.45) is 1.89. The van der Waals surface area contributed by atoms with Crippen LogP contribution in [0.15, 0.2) is 53.9 Å². The van der Waals surface area contributed by atoms with Crippen LogP contribution in [0.2, 0.25) is 5.02 Å². The van der Waals surface area contributed by atoms with E-state index in [-0.39, 0.29) is 70.0 Å². The number of carbonyl (C=O) groups is 3. The second-order valence-electron chi connectivity index (χ2n) is 12.8. The Bertz CT molecular complexity index is 2120. The van der Waals surface area contributed by atoms with Crippen molar-refractivity contribution in [3.8, 4) is 40.2 Å². The maximum atomic E-state index is 14.5. The van der Waals surface area contributed by atoms with Gasteiger partial charge in [-0.05, 0) is 47.9 Å². The molecule has 4 aromatic rings. The Balaban J connectivity index is 1.42. The smallest absolute Gasteiger partial charge is 0.231 e. The number of aliphatic hydroxyl groups is 1. The predicted molar refractivity (Wildman–Crippen MR) is 196 cm³/mol. The quantitative estimate of drug-likeness (QED) is 0.144. The van der Waals surface area contributed by atoms with Crippen molar-refractivity contribution in [1.29, 1.82) is 0 Å². The summed E-state index contributed by atoms with van der Waals surface area (Å²) < 4.78 is 39.4. The van der Waals surface area contributed by atoms with Gasteiger partial charge in [0.15, 0.2) is 28.8 Å². The fourth-order valence-corrected chi connectivity index (χ4v) is 7.58. The monoisotopic (exact) mass is 748 g/mol. The fraction of sp³-hybridized carbons (Fsp3) is 0.359. The van der Waals surface area contributed by atoms with E-state index >= 15 is 0 Å². The number of H-pyrrole nitrogens is 1. The van der Waals surface area contributed by atoms with E-state index in [0.29, 0.717) is 17.7 Å². The summed E-state index contributed by atoms with van der Waals surface area (Å²) >= 11 is 6.64. The molecule has 0 fully saturated rings. The number of rotatable bonds is 13. The van der Waals surface area contributed by atoms with E-state index in [4.69, 9.17) is 44.8 Å². The van der Waals surface area contributed by atoms with E-state index < -0.39 is 40.7 Å². The second kappa shape index (κ2) is 14.8. The van der Waals surface area contributed by atoms with Crippen LogP contribution in [0.4, 0.5) is 0 Å². The lowest BCUT2D eigenvalue weighted by Gasteiger charge is -2.38. The molecule has 6 rings (SSSR count). The van der Waals surface area contributed by atoms with E-state index in [1.54, 1.807) is 26.2 Å². The van der Waals surface area contributed by atoms with Gasteiger partial charge >= 0.3 is 0 Å². The lowest BCUT2D eigenvalue weighted by molar-refractivity contribution is -0.121. The second-order valence-corrected chi connectivity index (χ2v) is 13.2. The van der Waals surface area contributed by atoms with Gasteiger partial charge in [0.05, 0.1) is 42.7 Å². The average Bonchev–Trinajstić information content (AvgIpc) is 3.71. The third-order valence-electron chi connectivity index (χ3n) is 10.0. The van der Waals surface area contributed by atoms with E-state index in [1.165, 1.54) is 41.6 Å². The first kappa shape index (κ1) is 37.2. The number of amides is 1. The number of hydrogen-bond donors (Lipinski definition) is 3. The summed E-state index contributed by atoms with van der Waals surface area (Å²) in [5.41, 5.74) is 0.0705. The van der Waals surface area contributed by atoms with Crippen molar-refractivity contribution in [1.82, 2.24) is 10.3 Å². The molecule has 13 nitrogen and oxygen atoms in total. The predicted octanol–water partition coefficient (Wildman–Crippen LogP) is 6.14. The van der Waals surface area contributed by atoms with Crippen molar-refractivity contribution in [3.05, 3.63) is 75.6 Å². The summed E-state index contributed by atoms with van der Waals surface area (Å²) in [4.78, 5) is 45.7. The average molecular weight is 749 g/mol. The van der Waals surface area contributed by atoms with Crippen molar-refractivity contribution in [2.45, 2.75) is 37.7 Å². The molecule has 14 heteroatoms. The van der Waals surface area contributed by atoms with Crippen LogP contribution in [-0.4, -0.2) is 82.4 Å². The van der Waals surface area contributed by atoms with E-state index in [1.807, 2.05) is 24.4 Å². The minimum Gasteiger partial charge on any atom is -0.507 e. The third kappa shape index (κ3) is 6.22. The minimum atomic E-state index is -2.05. The maximum absolute atomic E-state index is 14.5. The Morgan fingerprint density at radius 1 is 0.962 bits per heavy atom. The van der Waals surface area contributed by atoms with Crippen LogP contribution in [0.3, 0.4) is 0 Å². The molecule has 0 bridgehead atoms. The summed E-state index contributed by atoms with van der Waals surface area (Å²) in [6.45, 7) is 1.90. The number of ether oxygens (including phenoxy) is 7. The van der Waals surface area contributed by atoms with Gasteiger partial charge in [0.2, 0.25) is 23.0 Å². The van der Waals surface area contributed by atoms with Gasteiger partial charge in [-0.1, -0.05) is 18.5 Å². The molecule has 1 spiro atoms. The molecule has 2 aliphatic rings. The molecule has 2 heterocycles. The number of hydrogen-bond acceptors (Lipinski definition) is 11. The van der Waals surface area contributed by atoms with Crippen LogP contribution >= 0.6 is 11.6 Å². The minimum absolute atomic E-state index is 0.00109. The number of benzene rings is 3. The molecule has 0 radical (unpaired) electrons. The lowest BCUT2D eigenvalue weighted by atomic mass is 9.69. The normalized spacial score (nSPS) is 18.5. The highest BCUT2D eigenvalue weighted by molar-refractivity contribution is 6.35. The van der Waals surface area contributed by atoms with Crippen molar-refractivity contribution in [2.75, 3.05) is 49.2 Å². The van der Waals surface area contributed by atoms with Gasteiger partial charge in [0, 0.05) is 60.0 Å². The van der Waals surface area contributed by atoms with Gasteiger partial charge in [-0.25, -0.2) is 0 Å². The highest BCUT2D eigenvalue weighted by Gasteiger charge is 2.61. The number of nitrogens with one attached hydrogen (secondary N) is 2. The van der Waals surface area contributed by atoms with Crippen molar-refractivity contribution in [3.63, 3.8) is 0 Å². The largest absolute Gasteiger partial charge is 0.507 e. The van der Waals surface area contributed by atoms with Crippen LogP contribution in [0.5, 0.6) is 40.2 Å². The molecule has 3 atom stereocenters. The summed E-state index contributed by atoms with van der Waals surface area (Å²) in [6, 6.07) is 10.4. The molecule has 1 aliphatic heterocycles. The van der Waals surface area contributed by atoms with Gasteiger partial charge in [-0.3, -0.25) is 14.4 Å². The first-order valence-corrected chi connectivity index (χ1v) is 17.2. The Labute approximate surface area is 311 Å². The van der Waals surface area contributed by atoms with Crippen LogP contribution in [0.1, 0.15) is 47.2 Å². The third-order valence-corrected chi connectivity index (χ3v) is 10.4. The van der Waals surface area contributed by atoms with Crippen LogP contribution in [-0.2, 0) is 16.0 Å². The zero-order valence-electron chi connectivity index (χ0n) is 30.4. The van der Waals surface area contributed by atoms with E-state index in [9.17, 15) is 19.5 Å². The van der Waals surface area contributed by atoms with E-state index in [0.717, 1.165) is 16.5 Å². The van der Waals surface area contributed by atoms with Gasteiger partial charge in [0.25, 0.3) is 0 Å². The highest BCUT2D eigenvalue weighted by atomic mass is 35.5. The fourth-order valence-electron chi connectivity index (χ4n) is 7.31. The molecule has 1 amide bonds. The Kier molecular flexibility index (Phi) is 10.4. The molecule has 3 aromatic carbocycles. The van der Waals surface area contributed by atoms with Crippen molar-refractivity contribution >= 4 is 40.0 Å². The van der Waals surface area contributed by atoms with Gasteiger partial charge in [0.1, 0.15) is 27.8 Å². The van der Waals surface area contributed by atoms with Crippen molar-refractivity contribution < 1.29 is 52.6 Å².